The van der Waals surface area contributed by atoms with Crippen molar-refractivity contribution in [2.45, 2.75) is 18.9 Å². The SMILES string of the molecule is O=C(c1ccccc1)N1CCCC1c1nc(-c2ccccc2Cl)no1. The molecule has 2 aromatic carbocycles. The number of carbonyl (C=O) groups is 1. The fourth-order valence-corrected chi connectivity index (χ4v) is 3.36. The van der Waals surface area contributed by atoms with Crippen molar-refractivity contribution in [3.8, 4) is 11.4 Å². The van der Waals surface area contributed by atoms with E-state index in [9.17, 15) is 4.79 Å². The van der Waals surface area contributed by atoms with E-state index in [2.05, 4.69) is 10.1 Å². The van der Waals surface area contributed by atoms with Crippen molar-refractivity contribution in [2.24, 2.45) is 0 Å². The minimum Gasteiger partial charge on any atom is -0.337 e. The Kier molecular flexibility index (Phi) is 4.24. The molecule has 126 valence electrons. The third-order valence-electron chi connectivity index (χ3n) is 4.38. The number of carbonyl (C=O) groups excluding carboxylic acids is 1. The van der Waals surface area contributed by atoms with Gasteiger partial charge in [-0.25, -0.2) is 0 Å². The number of halogens is 1. The number of hydrogen-bond acceptors (Lipinski definition) is 4. The summed E-state index contributed by atoms with van der Waals surface area (Å²) in [5, 5.41) is 4.62. The van der Waals surface area contributed by atoms with E-state index in [0.717, 1.165) is 18.4 Å². The minimum atomic E-state index is -0.198. The predicted molar refractivity (Wildman–Crippen MR) is 94.2 cm³/mol. The summed E-state index contributed by atoms with van der Waals surface area (Å²) in [5.74, 6) is 0.886. The van der Waals surface area contributed by atoms with Gasteiger partial charge in [0.25, 0.3) is 5.91 Å². The van der Waals surface area contributed by atoms with Crippen LogP contribution in [-0.2, 0) is 0 Å². The molecule has 1 amide bonds. The van der Waals surface area contributed by atoms with Crippen LogP contribution >= 0.6 is 11.6 Å². The molecule has 0 saturated carbocycles. The molecule has 5 nitrogen and oxygen atoms in total. The fraction of sp³-hybridized carbons (Fsp3) is 0.211. The van der Waals surface area contributed by atoms with E-state index in [1.165, 1.54) is 0 Å². The molecule has 6 heteroatoms. The van der Waals surface area contributed by atoms with Crippen molar-refractivity contribution in [3.05, 3.63) is 71.1 Å². The molecule has 4 rings (SSSR count). The molecule has 0 N–H and O–H groups in total. The molecule has 0 aliphatic carbocycles. The molecule has 2 heterocycles. The quantitative estimate of drug-likeness (QED) is 0.701. The van der Waals surface area contributed by atoms with E-state index in [0.29, 0.717) is 28.8 Å². The van der Waals surface area contributed by atoms with Crippen LogP contribution in [0.2, 0.25) is 5.02 Å². The van der Waals surface area contributed by atoms with Gasteiger partial charge in [0.1, 0.15) is 6.04 Å². The molecule has 0 bridgehead atoms. The summed E-state index contributed by atoms with van der Waals surface area (Å²) in [5.41, 5.74) is 1.39. The highest BCUT2D eigenvalue weighted by Gasteiger charge is 2.34. The molecule has 1 aromatic heterocycles. The lowest BCUT2D eigenvalue weighted by Gasteiger charge is -2.21. The molecule has 1 fully saturated rings. The summed E-state index contributed by atoms with van der Waals surface area (Å²) >= 11 is 6.20. The number of rotatable bonds is 3. The topological polar surface area (TPSA) is 59.2 Å². The average molecular weight is 354 g/mol. The Bertz CT molecular complexity index is 894. The summed E-state index contributed by atoms with van der Waals surface area (Å²) in [6.07, 6.45) is 1.72. The smallest absolute Gasteiger partial charge is 0.254 e. The van der Waals surface area contributed by atoms with Crippen LogP contribution in [0.1, 0.15) is 35.1 Å². The summed E-state index contributed by atoms with van der Waals surface area (Å²) in [7, 11) is 0. The Morgan fingerprint density at radius 1 is 1.12 bits per heavy atom. The molecule has 1 unspecified atom stereocenters. The lowest BCUT2D eigenvalue weighted by molar-refractivity contribution is 0.0710. The van der Waals surface area contributed by atoms with Crippen LogP contribution in [0.4, 0.5) is 0 Å². The lowest BCUT2D eigenvalue weighted by atomic mass is 10.1. The Balaban J connectivity index is 1.61. The normalized spacial score (nSPS) is 17.0. The van der Waals surface area contributed by atoms with Gasteiger partial charge in [0.05, 0.1) is 5.02 Å². The van der Waals surface area contributed by atoms with Gasteiger partial charge in [-0.05, 0) is 37.1 Å². The molecular formula is C19H16ClN3O2. The maximum atomic E-state index is 12.8. The molecule has 0 radical (unpaired) electrons. The summed E-state index contributed by atoms with van der Waals surface area (Å²) in [6.45, 7) is 0.683. The van der Waals surface area contributed by atoms with Gasteiger partial charge in [-0.2, -0.15) is 4.98 Å². The molecule has 25 heavy (non-hydrogen) atoms. The molecule has 1 atom stereocenters. The van der Waals surface area contributed by atoms with Gasteiger partial charge in [-0.1, -0.05) is 47.1 Å². The van der Waals surface area contributed by atoms with E-state index in [4.69, 9.17) is 16.1 Å². The minimum absolute atomic E-state index is 0.0133. The van der Waals surface area contributed by atoms with E-state index in [1.807, 2.05) is 48.5 Å². The first kappa shape index (κ1) is 15.8. The summed E-state index contributed by atoms with van der Waals surface area (Å²) in [4.78, 5) is 19.1. The number of hydrogen-bond donors (Lipinski definition) is 0. The van der Waals surface area contributed by atoms with Crippen molar-refractivity contribution >= 4 is 17.5 Å². The first-order valence-corrected chi connectivity index (χ1v) is 8.56. The highest BCUT2D eigenvalue weighted by atomic mass is 35.5. The standard InChI is InChI=1S/C19H16ClN3O2/c20-15-10-5-4-9-14(15)17-21-18(25-22-17)16-11-6-12-23(16)19(24)13-7-2-1-3-8-13/h1-5,7-10,16H,6,11-12H2. The van der Waals surface area contributed by atoms with Gasteiger partial charge in [0.15, 0.2) is 0 Å². The van der Waals surface area contributed by atoms with E-state index in [-0.39, 0.29) is 11.9 Å². The van der Waals surface area contributed by atoms with Crippen LogP contribution in [0.15, 0.2) is 59.1 Å². The third kappa shape index (κ3) is 3.03. The monoisotopic (exact) mass is 353 g/mol. The van der Waals surface area contributed by atoms with Crippen LogP contribution in [0.3, 0.4) is 0 Å². The second-order valence-corrected chi connectivity index (χ2v) is 6.37. The van der Waals surface area contributed by atoms with E-state index in [1.54, 1.807) is 11.0 Å². The summed E-state index contributed by atoms with van der Waals surface area (Å²) < 4.78 is 5.46. The highest BCUT2D eigenvalue weighted by molar-refractivity contribution is 6.33. The van der Waals surface area contributed by atoms with Gasteiger partial charge in [-0.15, -0.1) is 0 Å². The lowest BCUT2D eigenvalue weighted by Crippen LogP contribution is -2.30. The summed E-state index contributed by atoms with van der Waals surface area (Å²) in [6, 6.07) is 16.4. The van der Waals surface area contributed by atoms with Crippen LogP contribution in [-0.4, -0.2) is 27.5 Å². The van der Waals surface area contributed by atoms with E-state index < -0.39 is 0 Å². The highest BCUT2D eigenvalue weighted by Crippen LogP contribution is 2.34. The largest absolute Gasteiger partial charge is 0.337 e. The van der Waals surface area contributed by atoms with Crippen LogP contribution in [0.25, 0.3) is 11.4 Å². The number of amides is 1. The number of aromatic nitrogens is 2. The Labute approximate surface area is 150 Å². The molecule has 3 aromatic rings. The second-order valence-electron chi connectivity index (χ2n) is 5.96. The van der Waals surface area contributed by atoms with Crippen molar-refractivity contribution in [1.29, 1.82) is 0 Å². The van der Waals surface area contributed by atoms with Crippen molar-refractivity contribution in [2.75, 3.05) is 6.54 Å². The maximum absolute atomic E-state index is 12.8. The maximum Gasteiger partial charge on any atom is 0.254 e. The zero-order valence-corrected chi connectivity index (χ0v) is 14.2. The molecule has 1 aliphatic heterocycles. The first-order chi connectivity index (χ1) is 12.2. The zero-order chi connectivity index (χ0) is 17.2. The number of likely N-dealkylation sites (tertiary alicyclic amines) is 1. The fourth-order valence-electron chi connectivity index (χ4n) is 3.14. The van der Waals surface area contributed by atoms with Crippen molar-refractivity contribution in [3.63, 3.8) is 0 Å². The molecule has 1 aliphatic rings. The van der Waals surface area contributed by atoms with Crippen LogP contribution in [0.5, 0.6) is 0 Å². The van der Waals surface area contributed by atoms with E-state index >= 15 is 0 Å². The van der Waals surface area contributed by atoms with Crippen molar-refractivity contribution in [1.82, 2.24) is 15.0 Å². The molecule has 0 spiro atoms. The van der Waals surface area contributed by atoms with Crippen LogP contribution < -0.4 is 0 Å². The van der Waals surface area contributed by atoms with Gasteiger partial charge < -0.3 is 9.42 Å². The second kappa shape index (κ2) is 6.69. The van der Waals surface area contributed by atoms with Gasteiger partial charge in [0, 0.05) is 17.7 Å². The van der Waals surface area contributed by atoms with Gasteiger partial charge in [-0.3, -0.25) is 4.79 Å². The molecular weight excluding hydrogens is 338 g/mol. The van der Waals surface area contributed by atoms with Crippen LogP contribution in [0, 0.1) is 0 Å². The average Bonchev–Trinajstić information content (AvgIpc) is 3.31. The zero-order valence-electron chi connectivity index (χ0n) is 13.4. The van der Waals surface area contributed by atoms with Gasteiger partial charge in [0.2, 0.25) is 11.7 Å². The Morgan fingerprint density at radius 2 is 1.88 bits per heavy atom. The third-order valence-corrected chi connectivity index (χ3v) is 4.71. The van der Waals surface area contributed by atoms with Crippen molar-refractivity contribution < 1.29 is 9.32 Å². The Hall–Kier alpha value is -2.66. The predicted octanol–water partition coefficient (Wildman–Crippen LogP) is 4.37. The van der Waals surface area contributed by atoms with Gasteiger partial charge >= 0.3 is 0 Å². The molecule has 1 saturated heterocycles. The number of nitrogens with zero attached hydrogens (tertiary/aromatic N) is 3. The Morgan fingerprint density at radius 3 is 2.68 bits per heavy atom. The first-order valence-electron chi connectivity index (χ1n) is 8.18. The number of benzene rings is 2.